The summed E-state index contributed by atoms with van der Waals surface area (Å²) in [5, 5.41) is 10.5. The fourth-order valence-corrected chi connectivity index (χ4v) is 2.11. The van der Waals surface area contributed by atoms with Gasteiger partial charge in [0, 0.05) is 11.6 Å². The van der Waals surface area contributed by atoms with Gasteiger partial charge in [0.1, 0.15) is 5.69 Å². The standard InChI is InChI=1S/C13H12BrClN4O2/c1-3-21-9-6-4-5-8(16-9)13(20)17-12-10(14)7(2)11(15)18-19-12/h4-6H,3H2,1-2H3,(H,17,19,20). The molecule has 0 aliphatic carbocycles. The molecule has 0 saturated heterocycles. The maximum absolute atomic E-state index is 12.2. The fraction of sp³-hybridized carbons (Fsp3) is 0.231. The number of amides is 1. The van der Waals surface area contributed by atoms with Gasteiger partial charge in [-0.15, -0.1) is 10.2 Å². The van der Waals surface area contributed by atoms with Gasteiger partial charge in [0.25, 0.3) is 5.91 Å². The molecule has 2 heterocycles. The number of pyridine rings is 1. The molecule has 0 unspecified atom stereocenters. The van der Waals surface area contributed by atoms with Gasteiger partial charge in [0.05, 0.1) is 11.1 Å². The Morgan fingerprint density at radius 1 is 1.43 bits per heavy atom. The monoisotopic (exact) mass is 370 g/mol. The Hall–Kier alpha value is -1.73. The topological polar surface area (TPSA) is 77.0 Å². The second-order valence-corrected chi connectivity index (χ2v) is 5.18. The van der Waals surface area contributed by atoms with Crippen molar-refractivity contribution in [2.24, 2.45) is 0 Å². The Labute approximate surface area is 135 Å². The normalized spacial score (nSPS) is 10.3. The minimum absolute atomic E-state index is 0.224. The van der Waals surface area contributed by atoms with Crippen LogP contribution in [0.15, 0.2) is 22.7 Å². The summed E-state index contributed by atoms with van der Waals surface area (Å²) in [4.78, 5) is 16.3. The van der Waals surface area contributed by atoms with Crippen molar-refractivity contribution in [2.75, 3.05) is 11.9 Å². The van der Waals surface area contributed by atoms with Gasteiger partial charge in [-0.1, -0.05) is 17.7 Å². The Morgan fingerprint density at radius 3 is 2.90 bits per heavy atom. The number of aromatic nitrogens is 3. The van der Waals surface area contributed by atoms with Crippen LogP contribution in [0.1, 0.15) is 23.0 Å². The van der Waals surface area contributed by atoms with Crippen LogP contribution in [-0.4, -0.2) is 27.7 Å². The van der Waals surface area contributed by atoms with E-state index >= 15 is 0 Å². The second-order valence-electron chi connectivity index (χ2n) is 4.03. The van der Waals surface area contributed by atoms with Gasteiger partial charge in [-0.3, -0.25) is 4.79 Å². The molecule has 6 nitrogen and oxygen atoms in total. The maximum Gasteiger partial charge on any atom is 0.275 e. The van der Waals surface area contributed by atoms with E-state index in [1.54, 1.807) is 25.1 Å². The molecule has 8 heteroatoms. The van der Waals surface area contributed by atoms with Crippen LogP contribution in [0.4, 0.5) is 5.82 Å². The van der Waals surface area contributed by atoms with Gasteiger partial charge in [0.2, 0.25) is 5.88 Å². The fourth-order valence-electron chi connectivity index (χ4n) is 1.50. The summed E-state index contributed by atoms with van der Waals surface area (Å²) in [7, 11) is 0. The minimum Gasteiger partial charge on any atom is -0.478 e. The lowest BCUT2D eigenvalue weighted by Gasteiger charge is -2.08. The van der Waals surface area contributed by atoms with Crippen molar-refractivity contribution >= 4 is 39.3 Å². The summed E-state index contributed by atoms with van der Waals surface area (Å²) in [6, 6.07) is 4.96. The molecular weight excluding hydrogens is 360 g/mol. The number of carbonyl (C=O) groups excluding carboxylic acids is 1. The molecule has 0 saturated carbocycles. The summed E-state index contributed by atoms with van der Waals surface area (Å²) in [6.45, 7) is 4.09. The molecule has 2 rings (SSSR count). The minimum atomic E-state index is -0.409. The first kappa shape index (κ1) is 15.7. The molecule has 1 N–H and O–H groups in total. The van der Waals surface area contributed by atoms with Crippen LogP contribution < -0.4 is 10.1 Å². The number of carbonyl (C=O) groups is 1. The van der Waals surface area contributed by atoms with Crippen molar-refractivity contribution in [1.82, 2.24) is 15.2 Å². The van der Waals surface area contributed by atoms with Crippen LogP contribution in [0.2, 0.25) is 5.15 Å². The van der Waals surface area contributed by atoms with Crippen molar-refractivity contribution in [3.8, 4) is 5.88 Å². The molecule has 2 aromatic heterocycles. The lowest BCUT2D eigenvalue weighted by atomic mass is 10.3. The molecule has 110 valence electrons. The van der Waals surface area contributed by atoms with E-state index in [1.807, 2.05) is 6.92 Å². The number of rotatable bonds is 4. The lowest BCUT2D eigenvalue weighted by molar-refractivity contribution is 0.102. The molecule has 0 bridgehead atoms. The van der Waals surface area contributed by atoms with Crippen LogP contribution in [0.5, 0.6) is 5.88 Å². The van der Waals surface area contributed by atoms with E-state index in [1.165, 1.54) is 0 Å². The number of halogens is 2. The first-order valence-electron chi connectivity index (χ1n) is 6.12. The highest BCUT2D eigenvalue weighted by Gasteiger charge is 2.15. The van der Waals surface area contributed by atoms with Crippen LogP contribution in [0, 0.1) is 6.92 Å². The summed E-state index contributed by atoms with van der Waals surface area (Å²) in [5.41, 5.74) is 0.917. The van der Waals surface area contributed by atoms with Crippen LogP contribution in [0.3, 0.4) is 0 Å². The van der Waals surface area contributed by atoms with Crippen molar-refractivity contribution in [2.45, 2.75) is 13.8 Å². The molecule has 2 aromatic rings. The molecule has 0 aliphatic rings. The van der Waals surface area contributed by atoms with Crippen LogP contribution >= 0.6 is 27.5 Å². The van der Waals surface area contributed by atoms with Gasteiger partial charge in [-0.2, -0.15) is 0 Å². The predicted octanol–water partition coefficient (Wildman–Crippen LogP) is 3.25. The number of hydrogen-bond acceptors (Lipinski definition) is 5. The van der Waals surface area contributed by atoms with Crippen molar-refractivity contribution in [3.05, 3.63) is 39.1 Å². The van der Waals surface area contributed by atoms with E-state index < -0.39 is 5.91 Å². The Kier molecular flexibility index (Phi) is 5.08. The van der Waals surface area contributed by atoms with Crippen LogP contribution in [-0.2, 0) is 0 Å². The van der Waals surface area contributed by atoms with Gasteiger partial charge >= 0.3 is 0 Å². The maximum atomic E-state index is 12.2. The molecule has 0 fully saturated rings. The Bertz CT molecular complexity index is 681. The molecule has 0 atom stereocenters. The summed E-state index contributed by atoms with van der Waals surface area (Å²) < 4.78 is 5.84. The zero-order chi connectivity index (χ0) is 15.4. The molecule has 21 heavy (non-hydrogen) atoms. The number of ether oxygens (including phenoxy) is 1. The van der Waals surface area contributed by atoms with Crippen molar-refractivity contribution in [3.63, 3.8) is 0 Å². The van der Waals surface area contributed by atoms with E-state index in [9.17, 15) is 4.79 Å². The smallest absolute Gasteiger partial charge is 0.275 e. The molecular formula is C13H12BrClN4O2. The highest BCUT2D eigenvalue weighted by molar-refractivity contribution is 9.10. The SMILES string of the molecule is CCOc1cccc(C(=O)Nc2nnc(Cl)c(C)c2Br)n1. The summed E-state index contributed by atoms with van der Waals surface area (Å²) in [6.07, 6.45) is 0. The third kappa shape index (κ3) is 3.68. The van der Waals surface area contributed by atoms with Gasteiger partial charge in [-0.05, 0) is 35.8 Å². The lowest BCUT2D eigenvalue weighted by Crippen LogP contribution is -2.16. The van der Waals surface area contributed by atoms with Crippen molar-refractivity contribution in [1.29, 1.82) is 0 Å². The third-order valence-electron chi connectivity index (χ3n) is 2.56. The zero-order valence-corrected chi connectivity index (χ0v) is 13.7. The van der Waals surface area contributed by atoms with E-state index in [-0.39, 0.29) is 16.7 Å². The quantitative estimate of drug-likeness (QED) is 0.892. The van der Waals surface area contributed by atoms with Gasteiger partial charge in [-0.25, -0.2) is 4.98 Å². The number of nitrogens with one attached hydrogen (secondary N) is 1. The average Bonchev–Trinajstić information content (AvgIpc) is 2.48. The van der Waals surface area contributed by atoms with E-state index in [0.717, 1.165) is 0 Å². The second kappa shape index (κ2) is 6.82. The van der Waals surface area contributed by atoms with E-state index in [2.05, 4.69) is 36.4 Å². The largest absolute Gasteiger partial charge is 0.478 e. The molecule has 0 radical (unpaired) electrons. The summed E-state index contributed by atoms with van der Waals surface area (Å²) in [5.74, 6) is 0.265. The average molecular weight is 372 g/mol. The first-order chi connectivity index (χ1) is 10.0. The first-order valence-corrected chi connectivity index (χ1v) is 7.29. The third-order valence-corrected chi connectivity index (χ3v) is 3.89. The predicted molar refractivity (Wildman–Crippen MR) is 82.8 cm³/mol. The molecule has 1 amide bonds. The molecule has 0 spiro atoms. The highest BCUT2D eigenvalue weighted by atomic mass is 79.9. The Balaban J connectivity index is 2.22. The highest BCUT2D eigenvalue weighted by Crippen LogP contribution is 2.27. The van der Waals surface area contributed by atoms with E-state index in [4.69, 9.17) is 16.3 Å². The van der Waals surface area contributed by atoms with E-state index in [0.29, 0.717) is 22.5 Å². The van der Waals surface area contributed by atoms with Gasteiger partial charge in [0.15, 0.2) is 11.0 Å². The molecule has 0 aliphatic heterocycles. The Morgan fingerprint density at radius 2 is 2.19 bits per heavy atom. The number of nitrogens with zero attached hydrogens (tertiary/aromatic N) is 3. The van der Waals surface area contributed by atoms with Crippen LogP contribution in [0.25, 0.3) is 0 Å². The summed E-state index contributed by atoms with van der Waals surface area (Å²) >= 11 is 9.17. The molecule has 0 aromatic carbocycles. The zero-order valence-electron chi connectivity index (χ0n) is 11.4. The van der Waals surface area contributed by atoms with Gasteiger partial charge < -0.3 is 10.1 Å². The van der Waals surface area contributed by atoms with Crippen molar-refractivity contribution < 1.29 is 9.53 Å². The number of anilines is 1. The number of hydrogen-bond donors (Lipinski definition) is 1.